The molecule has 21 rings (SSSR count). The summed E-state index contributed by atoms with van der Waals surface area (Å²) in [6, 6.07) is 116. The summed E-state index contributed by atoms with van der Waals surface area (Å²) >= 11 is 0. The fourth-order valence-electron chi connectivity index (χ4n) is 19.6. The van der Waals surface area contributed by atoms with Crippen LogP contribution in [0.2, 0.25) is 0 Å². The first kappa shape index (κ1) is 105. The van der Waals surface area contributed by atoms with E-state index in [1.807, 2.05) is 128 Å². The minimum atomic E-state index is 0. The molecule has 0 fully saturated rings. The van der Waals surface area contributed by atoms with Gasteiger partial charge < -0.3 is 41.4 Å². The molecule has 0 saturated heterocycles. The van der Waals surface area contributed by atoms with Gasteiger partial charge in [0.2, 0.25) is 0 Å². The van der Waals surface area contributed by atoms with Crippen molar-refractivity contribution < 1.29 is 72.7 Å². The molecule has 7 aromatic heterocycles. The number of aryl methyl sites for hydroxylation is 2. The Balaban J connectivity index is 0.000000158. The molecule has 0 spiro atoms. The molecular formula is C128H119N13O2Pt3. The second-order valence-electron chi connectivity index (χ2n) is 39.1. The SMILES string of the molecule is CC(C)c1cccc(C(C)C)c1-n1ccnc1-c1[c-]c(-n2c3[c-]c(-c4nccn4-c4c(C(C)C)cccc4C(C)C)ccc3c3ccccc32)ccc1.CC(C)c1cccc(C(C)C)c1-n1ccnc1-c1[c-]c(Oc2[c-]c(-c3nccn3-c3c(C(C)C)cccc3C(C)C)cc(-c3ccccc3)c2)ccc1.Cc1ccccc1-n1ccnc1-c1[c-]c(Oc2[c-]c(-c3nccn3-c3ccccc3C)ccc2)ccc1.[Pt+2].[Pt+2].[Pt+2]. The molecule has 7 heterocycles. The van der Waals surface area contributed by atoms with Crippen molar-refractivity contribution in [2.24, 2.45) is 0 Å². The van der Waals surface area contributed by atoms with Crippen LogP contribution in [-0.2, 0) is 63.2 Å². The van der Waals surface area contributed by atoms with Crippen LogP contribution < -0.4 is 9.47 Å². The Hall–Kier alpha value is -14.2. The number of hydrogen-bond donors (Lipinski definition) is 0. The van der Waals surface area contributed by atoms with Crippen molar-refractivity contribution in [2.45, 2.75) is 172 Å². The van der Waals surface area contributed by atoms with E-state index in [2.05, 4.69) is 410 Å². The van der Waals surface area contributed by atoms with Crippen molar-refractivity contribution >= 4 is 21.8 Å². The summed E-state index contributed by atoms with van der Waals surface area (Å²) in [6.45, 7) is 40.2. The largest absolute Gasteiger partial charge is 2.00 e. The van der Waals surface area contributed by atoms with Gasteiger partial charge in [0.05, 0.1) is 34.9 Å². The predicted molar refractivity (Wildman–Crippen MR) is 583 cm³/mol. The molecule has 0 aliphatic carbocycles. The third-order valence-electron chi connectivity index (χ3n) is 26.7. The summed E-state index contributed by atoms with van der Waals surface area (Å²) < 4.78 is 28.3. The number of benzene rings is 14. The number of nitrogens with zero attached hydrogens (tertiary/aromatic N) is 13. The number of rotatable bonds is 26. The van der Waals surface area contributed by atoms with Crippen LogP contribution in [0.4, 0.5) is 0 Å². The molecule has 14 aromatic carbocycles. The molecule has 18 heteroatoms. The molecule has 146 heavy (non-hydrogen) atoms. The monoisotopic (exact) mass is 2450 g/mol. The first-order chi connectivity index (χ1) is 69.4. The number of fused-ring (bicyclic) bond motifs is 3. The van der Waals surface area contributed by atoms with Gasteiger partial charge in [-0.25, -0.2) is 0 Å². The molecule has 0 radical (unpaired) electrons. The van der Waals surface area contributed by atoms with Crippen LogP contribution in [0.15, 0.2) is 347 Å². The number of ether oxygens (including phenoxy) is 2. The third-order valence-corrected chi connectivity index (χ3v) is 26.7. The normalized spacial score (nSPS) is 11.4. The summed E-state index contributed by atoms with van der Waals surface area (Å²) in [5.41, 5.74) is 30.1. The van der Waals surface area contributed by atoms with Gasteiger partial charge in [0.15, 0.2) is 0 Å². The van der Waals surface area contributed by atoms with Gasteiger partial charge in [-0.1, -0.05) is 310 Å². The maximum atomic E-state index is 6.67. The third kappa shape index (κ3) is 21.6. The fourth-order valence-corrected chi connectivity index (χ4v) is 19.6. The Bertz CT molecular complexity index is 7900. The molecule has 0 bridgehead atoms. The Morgan fingerprint density at radius 3 is 0.897 bits per heavy atom. The average Bonchev–Trinajstić information content (AvgIpc) is 1.58. The fraction of sp³-hybridized carbons (Fsp3) is 0.203. The first-order valence-electron chi connectivity index (χ1n) is 49.8. The molecular weight excluding hydrogens is 2340 g/mol. The molecule has 738 valence electrons. The topological polar surface area (TPSA) is 130 Å². The van der Waals surface area contributed by atoms with Crippen molar-refractivity contribution in [3.8, 4) is 142 Å². The number of imidazole rings is 6. The quantitative estimate of drug-likeness (QED) is 0.0490. The summed E-state index contributed by atoms with van der Waals surface area (Å²) in [7, 11) is 0. The number of aromatic nitrogens is 13. The molecule has 0 amide bonds. The van der Waals surface area contributed by atoms with Crippen molar-refractivity contribution in [2.75, 3.05) is 0 Å². The van der Waals surface area contributed by atoms with E-state index in [1.165, 1.54) is 83.8 Å². The Labute approximate surface area is 902 Å². The minimum Gasteiger partial charge on any atom is -0.497 e. The van der Waals surface area contributed by atoms with Crippen LogP contribution in [0.1, 0.15) is 214 Å². The zero-order valence-electron chi connectivity index (χ0n) is 85.6. The molecule has 0 aliphatic rings. The smallest absolute Gasteiger partial charge is 0.497 e. The van der Waals surface area contributed by atoms with E-state index in [0.29, 0.717) is 70.3 Å². The van der Waals surface area contributed by atoms with Gasteiger partial charge >= 0.3 is 63.2 Å². The van der Waals surface area contributed by atoms with Crippen molar-refractivity contribution in [3.63, 3.8) is 0 Å². The van der Waals surface area contributed by atoms with E-state index < -0.39 is 0 Å². The second kappa shape index (κ2) is 46.0. The zero-order chi connectivity index (χ0) is 99.4. The van der Waals surface area contributed by atoms with E-state index in [-0.39, 0.29) is 63.2 Å². The zero-order valence-corrected chi connectivity index (χ0v) is 92.4. The molecule has 0 unspecified atom stereocenters. The first-order valence-corrected chi connectivity index (χ1v) is 49.8. The van der Waals surface area contributed by atoms with Crippen LogP contribution in [0.25, 0.3) is 141 Å². The maximum Gasteiger partial charge on any atom is 2.00 e. The van der Waals surface area contributed by atoms with Crippen LogP contribution >= 0.6 is 0 Å². The van der Waals surface area contributed by atoms with Gasteiger partial charge in [0, 0.05) is 137 Å². The van der Waals surface area contributed by atoms with Crippen molar-refractivity contribution in [3.05, 3.63) is 439 Å². The standard InChI is InChI=1S/C48H47N5.C48H48N4O.C32H24N4O.3Pt/c1-30(2)37-17-12-18-38(31(3)4)45(37)51-26-24-49-47(51)34-14-11-15-36(28-34)53-43-21-10-9-16-41(43)42-23-22-35(29-44(42)53)48-50-25-27-52(48)46-39(32(5)6)19-13-20-40(46)33(7)8;1-31(2)41-19-13-20-42(32(3)4)45(41)51-25-23-49-47(51)36-17-12-18-39(28-36)53-40-29-37(35-15-10-9-11-16-35)27-38(30-40)48-50-24-26-52(48)46-43(33(5)6)21-14-22-44(46)34(7)8;1-23-9-3-5-15-29(23)35-19-17-33-31(35)25-11-7-13-27(21-25)37-28-14-8-12-26(22-28)32-34-18-20-36(32)30-16-6-4-10-24(30)2;;;/h9-27,30-33H,1-8H3;9-27,29,31-34H,1-8H3;3-20H,1-2H3;;;/q3*-2;3*+2. The van der Waals surface area contributed by atoms with E-state index >= 15 is 0 Å². The van der Waals surface area contributed by atoms with E-state index in [0.717, 1.165) is 113 Å². The molecule has 15 nitrogen and oxygen atoms in total. The van der Waals surface area contributed by atoms with Crippen molar-refractivity contribution in [1.82, 2.24) is 61.9 Å². The van der Waals surface area contributed by atoms with Crippen LogP contribution in [0.5, 0.6) is 23.0 Å². The molecule has 0 aliphatic heterocycles. The summed E-state index contributed by atoms with van der Waals surface area (Å²) in [5, 5.41) is 2.31. The molecule has 21 aromatic rings. The number of para-hydroxylation sites is 7. The van der Waals surface area contributed by atoms with Crippen LogP contribution in [0.3, 0.4) is 0 Å². The Kier molecular flexibility index (Phi) is 33.0. The minimum absolute atomic E-state index is 0. The summed E-state index contributed by atoms with van der Waals surface area (Å²) in [5.74, 6) is 10.2. The predicted octanol–water partition coefficient (Wildman–Crippen LogP) is 32.9. The van der Waals surface area contributed by atoms with Gasteiger partial charge in [-0.15, -0.1) is 137 Å². The summed E-state index contributed by atoms with van der Waals surface area (Å²) in [6.07, 6.45) is 23.4. The van der Waals surface area contributed by atoms with Crippen LogP contribution in [-0.4, -0.2) is 61.9 Å². The summed E-state index contributed by atoms with van der Waals surface area (Å²) in [4.78, 5) is 28.9. The Morgan fingerprint density at radius 1 is 0.233 bits per heavy atom. The number of hydrogen-bond acceptors (Lipinski definition) is 8. The van der Waals surface area contributed by atoms with E-state index in [4.69, 9.17) is 29.4 Å². The maximum absolute atomic E-state index is 6.67. The van der Waals surface area contributed by atoms with Crippen LogP contribution in [0, 0.1) is 50.2 Å². The van der Waals surface area contributed by atoms with E-state index in [9.17, 15) is 0 Å². The van der Waals surface area contributed by atoms with E-state index in [1.54, 1.807) is 12.4 Å². The van der Waals surface area contributed by atoms with Crippen molar-refractivity contribution in [1.29, 1.82) is 0 Å². The molecule has 0 N–H and O–H groups in total. The second-order valence-corrected chi connectivity index (χ2v) is 39.1. The molecule has 0 saturated carbocycles. The van der Waals surface area contributed by atoms with Gasteiger partial charge in [0.25, 0.3) is 0 Å². The van der Waals surface area contributed by atoms with Gasteiger partial charge in [-0.3, -0.25) is 29.9 Å². The Morgan fingerprint density at radius 2 is 0.527 bits per heavy atom. The van der Waals surface area contributed by atoms with Gasteiger partial charge in [-0.05, 0) is 157 Å². The average molecular weight is 2460 g/mol. The molecule has 0 atom stereocenters. The van der Waals surface area contributed by atoms with Gasteiger partial charge in [0.1, 0.15) is 0 Å². The van der Waals surface area contributed by atoms with Gasteiger partial charge in [-0.2, -0.15) is 0 Å².